The number of benzene rings is 1. The zero-order chi connectivity index (χ0) is 8.39. The highest BCUT2D eigenvalue weighted by atomic mass is 33.1. The molecular weight excluding hydrogens is 188 g/mol. The van der Waals surface area contributed by atoms with E-state index >= 15 is 0 Å². The molecule has 3 heteroatoms. The molecule has 1 aliphatic rings. The average molecular weight is 196 g/mol. The molecule has 0 saturated carbocycles. The summed E-state index contributed by atoms with van der Waals surface area (Å²) in [6.45, 7) is 0. The molecule has 0 radical (unpaired) electrons. The van der Waals surface area contributed by atoms with Crippen LogP contribution in [0.4, 0.5) is 0 Å². The molecule has 0 spiro atoms. The lowest BCUT2D eigenvalue weighted by molar-refractivity contribution is 0.312. The van der Waals surface area contributed by atoms with Gasteiger partial charge in [-0.3, -0.25) is 0 Å². The molecule has 0 saturated heterocycles. The minimum absolute atomic E-state index is 0.342. The summed E-state index contributed by atoms with van der Waals surface area (Å²) in [4.78, 5) is 1.16. The van der Waals surface area contributed by atoms with E-state index < -0.39 is 0 Å². The van der Waals surface area contributed by atoms with E-state index in [1.54, 1.807) is 10.8 Å². The van der Waals surface area contributed by atoms with E-state index in [4.69, 9.17) is 0 Å². The van der Waals surface area contributed by atoms with Crippen molar-refractivity contribution < 1.29 is 5.11 Å². The molecule has 0 aromatic heterocycles. The molecule has 2 rings (SSSR count). The predicted octanol–water partition coefficient (Wildman–Crippen LogP) is 2.74. The first kappa shape index (κ1) is 8.23. The Kier molecular flexibility index (Phi) is 2.44. The standard InChI is InChI=1S/C9H8OS2/c10-9-6-8(11-12-9)7-4-2-1-3-5-7/h1-6,9-10H. The number of aliphatic hydroxyl groups excluding tert-OH is 1. The van der Waals surface area contributed by atoms with Crippen molar-refractivity contribution in [2.45, 2.75) is 5.44 Å². The quantitative estimate of drug-likeness (QED) is 0.697. The topological polar surface area (TPSA) is 20.2 Å². The second kappa shape index (κ2) is 3.56. The Bertz CT molecular complexity index is 295. The minimum Gasteiger partial charge on any atom is -0.378 e. The molecular formula is C9H8OS2. The van der Waals surface area contributed by atoms with Gasteiger partial charge in [0.05, 0.1) is 0 Å². The van der Waals surface area contributed by atoms with E-state index in [1.165, 1.54) is 16.4 Å². The molecule has 12 heavy (non-hydrogen) atoms. The van der Waals surface area contributed by atoms with Crippen molar-refractivity contribution in [2.24, 2.45) is 0 Å². The first-order valence-electron chi connectivity index (χ1n) is 3.65. The van der Waals surface area contributed by atoms with Crippen molar-refractivity contribution in [3.8, 4) is 0 Å². The van der Waals surface area contributed by atoms with Crippen LogP contribution in [-0.2, 0) is 0 Å². The van der Waals surface area contributed by atoms with Crippen LogP contribution in [0.25, 0.3) is 4.91 Å². The Labute approximate surface area is 79.3 Å². The minimum atomic E-state index is -0.342. The van der Waals surface area contributed by atoms with Gasteiger partial charge in [-0.05, 0) is 11.6 Å². The summed E-state index contributed by atoms with van der Waals surface area (Å²) in [5, 5.41) is 9.23. The molecule has 1 atom stereocenters. The molecule has 1 aliphatic heterocycles. The summed E-state index contributed by atoms with van der Waals surface area (Å²) in [5.74, 6) is 0. The summed E-state index contributed by atoms with van der Waals surface area (Å²) >= 11 is 0. The summed E-state index contributed by atoms with van der Waals surface area (Å²) in [5.41, 5.74) is 0.844. The molecule has 1 unspecified atom stereocenters. The zero-order valence-electron chi connectivity index (χ0n) is 6.31. The third-order valence-electron chi connectivity index (χ3n) is 1.59. The Balaban J connectivity index is 2.27. The number of hydrogen-bond acceptors (Lipinski definition) is 3. The monoisotopic (exact) mass is 196 g/mol. The normalized spacial score (nSPS) is 22.4. The Morgan fingerprint density at radius 2 is 1.92 bits per heavy atom. The van der Waals surface area contributed by atoms with Crippen LogP contribution in [0.5, 0.6) is 0 Å². The zero-order valence-corrected chi connectivity index (χ0v) is 7.94. The van der Waals surface area contributed by atoms with E-state index in [1.807, 2.05) is 24.3 Å². The summed E-state index contributed by atoms with van der Waals surface area (Å²) < 4.78 is 0. The number of aliphatic hydroxyl groups is 1. The average Bonchev–Trinajstić information content (AvgIpc) is 2.54. The Morgan fingerprint density at radius 3 is 2.50 bits per heavy atom. The SMILES string of the molecule is OC1C=C(c2ccccc2)SS1. The van der Waals surface area contributed by atoms with Crippen LogP contribution in [0.1, 0.15) is 5.56 Å². The van der Waals surface area contributed by atoms with Crippen LogP contribution in [0.2, 0.25) is 0 Å². The van der Waals surface area contributed by atoms with Crippen molar-refractivity contribution >= 4 is 26.5 Å². The van der Waals surface area contributed by atoms with Gasteiger partial charge in [0.2, 0.25) is 0 Å². The highest BCUT2D eigenvalue weighted by molar-refractivity contribution is 8.80. The molecule has 0 fully saturated rings. The molecule has 0 amide bonds. The van der Waals surface area contributed by atoms with Gasteiger partial charge in [-0.25, -0.2) is 0 Å². The fraction of sp³-hybridized carbons (Fsp3) is 0.111. The molecule has 1 heterocycles. The second-order valence-electron chi connectivity index (χ2n) is 2.47. The highest BCUT2D eigenvalue weighted by Gasteiger charge is 2.15. The molecule has 1 N–H and O–H groups in total. The van der Waals surface area contributed by atoms with Gasteiger partial charge in [-0.1, -0.05) is 51.9 Å². The lowest BCUT2D eigenvalue weighted by atomic mass is 10.2. The van der Waals surface area contributed by atoms with Crippen molar-refractivity contribution in [3.05, 3.63) is 42.0 Å². The van der Waals surface area contributed by atoms with Gasteiger partial charge < -0.3 is 5.11 Å². The smallest absolute Gasteiger partial charge is 0.129 e. The third-order valence-corrected chi connectivity index (χ3v) is 3.99. The maximum Gasteiger partial charge on any atom is 0.129 e. The van der Waals surface area contributed by atoms with Crippen LogP contribution in [0.3, 0.4) is 0 Å². The van der Waals surface area contributed by atoms with Gasteiger partial charge >= 0.3 is 0 Å². The molecule has 0 bridgehead atoms. The first-order valence-corrected chi connectivity index (χ1v) is 5.86. The van der Waals surface area contributed by atoms with Gasteiger partial charge in [0.1, 0.15) is 5.44 Å². The van der Waals surface area contributed by atoms with Gasteiger partial charge in [0.15, 0.2) is 0 Å². The van der Waals surface area contributed by atoms with Crippen LogP contribution in [-0.4, -0.2) is 10.5 Å². The molecule has 0 aliphatic carbocycles. The van der Waals surface area contributed by atoms with Gasteiger partial charge in [0, 0.05) is 4.91 Å². The van der Waals surface area contributed by atoms with Crippen LogP contribution in [0, 0.1) is 0 Å². The molecule has 1 aromatic rings. The summed E-state index contributed by atoms with van der Waals surface area (Å²) in [6, 6.07) is 10.1. The maximum atomic E-state index is 9.23. The first-order chi connectivity index (χ1) is 5.86. The van der Waals surface area contributed by atoms with Crippen LogP contribution < -0.4 is 0 Å². The highest BCUT2D eigenvalue weighted by Crippen LogP contribution is 2.45. The predicted molar refractivity (Wildman–Crippen MR) is 55.6 cm³/mol. The summed E-state index contributed by atoms with van der Waals surface area (Å²) in [7, 11) is 3.11. The van der Waals surface area contributed by atoms with Gasteiger partial charge in [0.25, 0.3) is 0 Å². The van der Waals surface area contributed by atoms with E-state index in [0.29, 0.717) is 0 Å². The number of rotatable bonds is 1. The third kappa shape index (κ3) is 1.68. The van der Waals surface area contributed by atoms with Crippen molar-refractivity contribution in [1.82, 2.24) is 0 Å². The fourth-order valence-corrected chi connectivity index (χ4v) is 3.16. The van der Waals surface area contributed by atoms with E-state index in [2.05, 4.69) is 12.1 Å². The van der Waals surface area contributed by atoms with Crippen LogP contribution >= 0.6 is 21.6 Å². The van der Waals surface area contributed by atoms with E-state index in [0.717, 1.165) is 4.91 Å². The van der Waals surface area contributed by atoms with Crippen LogP contribution in [0.15, 0.2) is 36.4 Å². The molecule has 1 nitrogen and oxygen atoms in total. The largest absolute Gasteiger partial charge is 0.378 e. The number of hydrogen-bond donors (Lipinski definition) is 1. The fourth-order valence-electron chi connectivity index (χ4n) is 1.03. The van der Waals surface area contributed by atoms with E-state index in [-0.39, 0.29) is 5.44 Å². The van der Waals surface area contributed by atoms with Crippen molar-refractivity contribution in [3.63, 3.8) is 0 Å². The van der Waals surface area contributed by atoms with E-state index in [9.17, 15) is 5.11 Å². The Hall–Kier alpha value is -0.380. The Morgan fingerprint density at radius 1 is 1.17 bits per heavy atom. The van der Waals surface area contributed by atoms with Crippen molar-refractivity contribution in [1.29, 1.82) is 0 Å². The van der Waals surface area contributed by atoms with Gasteiger partial charge in [-0.2, -0.15) is 0 Å². The van der Waals surface area contributed by atoms with Crippen molar-refractivity contribution in [2.75, 3.05) is 0 Å². The maximum absolute atomic E-state index is 9.23. The summed E-state index contributed by atoms with van der Waals surface area (Å²) in [6.07, 6.45) is 1.88. The molecule has 62 valence electrons. The lowest BCUT2D eigenvalue weighted by Crippen LogP contribution is -1.86. The van der Waals surface area contributed by atoms with Gasteiger partial charge in [-0.15, -0.1) is 0 Å². The molecule has 1 aromatic carbocycles. The lowest BCUT2D eigenvalue weighted by Gasteiger charge is -1.97. The second-order valence-corrected chi connectivity index (χ2v) is 4.83.